The second-order valence-electron chi connectivity index (χ2n) is 5.22. The van der Waals surface area contributed by atoms with Crippen LogP contribution >= 0.6 is 0 Å². The number of benzene rings is 1. The number of piperidine rings is 1. The summed E-state index contributed by atoms with van der Waals surface area (Å²) in [5.74, 6) is 0.187. The highest BCUT2D eigenvalue weighted by Gasteiger charge is 2.27. The Morgan fingerprint density at radius 2 is 2.35 bits per heavy atom. The highest BCUT2D eigenvalue weighted by molar-refractivity contribution is 5.82. The van der Waals surface area contributed by atoms with Crippen LogP contribution in [0.5, 0.6) is 0 Å². The van der Waals surface area contributed by atoms with Crippen molar-refractivity contribution in [2.75, 3.05) is 13.1 Å². The van der Waals surface area contributed by atoms with Gasteiger partial charge in [0.05, 0.1) is 17.7 Å². The van der Waals surface area contributed by atoms with Crippen LogP contribution in [0.2, 0.25) is 0 Å². The van der Waals surface area contributed by atoms with Gasteiger partial charge in [0.25, 0.3) is 0 Å². The zero-order chi connectivity index (χ0) is 14.4. The van der Waals surface area contributed by atoms with Crippen molar-refractivity contribution in [2.24, 2.45) is 0 Å². The Hall–Kier alpha value is -1.86. The summed E-state index contributed by atoms with van der Waals surface area (Å²) >= 11 is 0. The normalized spacial score (nSPS) is 18.9. The molecule has 0 aromatic heterocycles. The SMILES string of the molecule is CCCNC1CCCN(Cc2cccc(C#N)c2)C1=O. The summed E-state index contributed by atoms with van der Waals surface area (Å²) in [4.78, 5) is 14.3. The number of nitriles is 1. The predicted octanol–water partition coefficient (Wildman–Crippen LogP) is 2.05. The molecule has 0 saturated carbocycles. The van der Waals surface area contributed by atoms with E-state index in [1.807, 2.05) is 23.1 Å². The fourth-order valence-corrected chi connectivity index (χ4v) is 2.56. The van der Waals surface area contributed by atoms with Crippen LogP contribution in [0.25, 0.3) is 0 Å². The van der Waals surface area contributed by atoms with Crippen LogP contribution in [-0.4, -0.2) is 29.9 Å². The number of hydrogen-bond acceptors (Lipinski definition) is 3. The smallest absolute Gasteiger partial charge is 0.240 e. The van der Waals surface area contributed by atoms with Gasteiger partial charge in [0, 0.05) is 13.1 Å². The predicted molar refractivity (Wildman–Crippen MR) is 77.9 cm³/mol. The molecular weight excluding hydrogens is 250 g/mol. The van der Waals surface area contributed by atoms with Gasteiger partial charge in [0.1, 0.15) is 0 Å². The van der Waals surface area contributed by atoms with Crippen molar-refractivity contribution in [3.63, 3.8) is 0 Å². The summed E-state index contributed by atoms with van der Waals surface area (Å²) in [5.41, 5.74) is 1.67. The first-order chi connectivity index (χ1) is 9.74. The molecule has 1 aliphatic rings. The van der Waals surface area contributed by atoms with E-state index in [1.165, 1.54) is 0 Å². The van der Waals surface area contributed by atoms with Crippen LogP contribution in [0, 0.1) is 11.3 Å². The molecule has 1 amide bonds. The number of likely N-dealkylation sites (tertiary alicyclic amines) is 1. The summed E-state index contributed by atoms with van der Waals surface area (Å²) in [5, 5.41) is 12.2. The van der Waals surface area contributed by atoms with Crippen LogP contribution in [0.15, 0.2) is 24.3 Å². The second-order valence-corrected chi connectivity index (χ2v) is 5.22. The number of amides is 1. The third-order valence-electron chi connectivity index (χ3n) is 3.60. The van der Waals surface area contributed by atoms with E-state index in [0.717, 1.165) is 37.9 Å². The van der Waals surface area contributed by atoms with Gasteiger partial charge in [-0.25, -0.2) is 0 Å². The molecule has 0 aliphatic carbocycles. The van der Waals surface area contributed by atoms with Crippen molar-refractivity contribution in [2.45, 2.75) is 38.8 Å². The minimum absolute atomic E-state index is 0.0390. The molecule has 1 fully saturated rings. The molecule has 1 N–H and O–H groups in total. The number of hydrogen-bond donors (Lipinski definition) is 1. The van der Waals surface area contributed by atoms with Gasteiger partial charge in [-0.3, -0.25) is 4.79 Å². The van der Waals surface area contributed by atoms with Gasteiger partial charge in [0.15, 0.2) is 0 Å². The molecule has 1 aromatic rings. The Morgan fingerprint density at radius 3 is 3.10 bits per heavy atom. The van der Waals surface area contributed by atoms with Crippen molar-refractivity contribution in [3.05, 3.63) is 35.4 Å². The van der Waals surface area contributed by atoms with Gasteiger partial charge >= 0.3 is 0 Å². The molecule has 20 heavy (non-hydrogen) atoms. The first kappa shape index (κ1) is 14.5. The monoisotopic (exact) mass is 271 g/mol. The number of nitrogens with one attached hydrogen (secondary N) is 1. The maximum atomic E-state index is 12.4. The first-order valence-corrected chi connectivity index (χ1v) is 7.25. The Morgan fingerprint density at radius 1 is 1.50 bits per heavy atom. The second kappa shape index (κ2) is 7.06. The van der Waals surface area contributed by atoms with E-state index in [-0.39, 0.29) is 11.9 Å². The van der Waals surface area contributed by atoms with Crippen LogP contribution in [0.4, 0.5) is 0 Å². The van der Waals surface area contributed by atoms with Crippen molar-refractivity contribution in [1.29, 1.82) is 5.26 Å². The molecule has 1 aliphatic heterocycles. The minimum atomic E-state index is -0.0390. The lowest BCUT2D eigenvalue weighted by Crippen LogP contribution is -2.50. The van der Waals surface area contributed by atoms with Crippen LogP contribution in [-0.2, 0) is 11.3 Å². The highest BCUT2D eigenvalue weighted by Crippen LogP contribution is 2.16. The number of carbonyl (C=O) groups excluding carboxylic acids is 1. The summed E-state index contributed by atoms with van der Waals surface area (Å²) < 4.78 is 0. The number of carbonyl (C=O) groups is 1. The Balaban J connectivity index is 2.01. The Labute approximate surface area is 120 Å². The molecule has 106 valence electrons. The van der Waals surface area contributed by atoms with Crippen molar-refractivity contribution >= 4 is 5.91 Å². The summed E-state index contributed by atoms with van der Waals surface area (Å²) in [6, 6.07) is 9.58. The molecular formula is C16H21N3O. The van der Waals surface area contributed by atoms with Gasteiger partial charge < -0.3 is 10.2 Å². The fourth-order valence-electron chi connectivity index (χ4n) is 2.56. The first-order valence-electron chi connectivity index (χ1n) is 7.25. The lowest BCUT2D eigenvalue weighted by Gasteiger charge is -2.32. The third-order valence-corrected chi connectivity index (χ3v) is 3.60. The lowest BCUT2D eigenvalue weighted by molar-refractivity contribution is -0.136. The van der Waals surface area contributed by atoms with Gasteiger partial charge in [0.2, 0.25) is 5.91 Å². The molecule has 0 spiro atoms. The van der Waals surface area contributed by atoms with Crippen LogP contribution in [0.3, 0.4) is 0 Å². The van der Waals surface area contributed by atoms with E-state index in [2.05, 4.69) is 18.3 Å². The van der Waals surface area contributed by atoms with E-state index in [1.54, 1.807) is 6.07 Å². The van der Waals surface area contributed by atoms with Crippen LogP contribution in [0.1, 0.15) is 37.3 Å². The zero-order valence-corrected chi connectivity index (χ0v) is 11.9. The van der Waals surface area contributed by atoms with E-state index in [0.29, 0.717) is 12.1 Å². The van der Waals surface area contributed by atoms with Gasteiger partial charge in [-0.05, 0) is 43.5 Å². The van der Waals surface area contributed by atoms with E-state index in [4.69, 9.17) is 5.26 Å². The molecule has 1 saturated heterocycles. The maximum absolute atomic E-state index is 12.4. The van der Waals surface area contributed by atoms with E-state index >= 15 is 0 Å². The van der Waals surface area contributed by atoms with E-state index < -0.39 is 0 Å². The summed E-state index contributed by atoms with van der Waals surface area (Å²) in [7, 11) is 0. The highest BCUT2D eigenvalue weighted by atomic mass is 16.2. The topological polar surface area (TPSA) is 56.1 Å². The zero-order valence-electron chi connectivity index (χ0n) is 11.9. The molecule has 1 aromatic carbocycles. The van der Waals surface area contributed by atoms with Crippen molar-refractivity contribution in [3.8, 4) is 6.07 Å². The van der Waals surface area contributed by atoms with Crippen molar-refractivity contribution in [1.82, 2.24) is 10.2 Å². The largest absolute Gasteiger partial charge is 0.337 e. The quantitative estimate of drug-likeness (QED) is 0.891. The Bertz CT molecular complexity index is 507. The minimum Gasteiger partial charge on any atom is -0.337 e. The molecule has 0 bridgehead atoms. The van der Waals surface area contributed by atoms with Gasteiger partial charge in [-0.1, -0.05) is 19.1 Å². The average molecular weight is 271 g/mol. The molecule has 1 heterocycles. The van der Waals surface area contributed by atoms with Crippen LogP contribution < -0.4 is 5.32 Å². The number of rotatable bonds is 5. The lowest BCUT2D eigenvalue weighted by atomic mass is 10.0. The fraction of sp³-hybridized carbons (Fsp3) is 0.500. The summed E-state index contributed by atoms with van der Waals surface area (Å²) in [6.45, 7) is 4.39. The molecule has 1 unspecified atom stereocenters. The van der Waals surface area contributed by atoms with E-state index in [9.17, 15) is 4.79 Å². The van der Waals surface area contributed by atoms with Gasteiger partial charge in [-0.2, -0.15) is 5.26 Å². The molecule has 4 nitrogen and oxygen atoms in total. The average Bonchev–Trinajstić information content (AvgIpc) is 2.48. The number of nitrogens with zero attached hydrogens (tertiary/aromatic N) is 2. The Kier molecular flexibility index (Phi) is 5.14. The summed E-state index contributed by atoms with van der Waals surface area (Å²) in [6.07, 6.45) is 2.99. The molecule has 4 heteroatoms. The molecule has 2 rings (SSSR count). The molecule has 1 atom stereocenters. The van der Waals surface area contributed by atoms with Gasteiger partial charge in [-0.15, -0.1) is 0 Å². The third kappa shape index (κ3) is 3.58. The molecule has 0 radical (unpaired) electrons. The van der Waals surface area contributed by atoms with Crippen molar-refractivity contribution < 1.29 is 4.79 Å². The standard InChI is InChI=1S/C16H21N3O/c1-2-8-18-15-7-4-9-19(16(15)20)12-14-6-3-5-13(10-14)11-17/h3,5-6,10,15,18H,2,4,7-9,12H2,1H3. The maximum Gasteiger partial charge on any atom is 0.240 e.